The fourth-order valence-corrected chi connectivity index (χ4v) is 2.91. The van der Waals surface area contributed by atoms with E-state index in [0.717, 1.165) is 5.56 Å². The number of fused-ring (bicyclic) bond motifs is 1. The molecule has 0 amide bonds. The van der Waals surface area contributed by atoms with E-state index in [9.17, 15) is 10.1 Å². The number of morpholine rings is 1. The highest BCUT2D eigenvalue weighted by Gasteiger charge is 2.28. The van der Waals surface area contributed by atoms with Crippen LogP contribution in [0.1, 0.15) is 5.56 Å². The van der Waals surface area contributed by atoms with Gasteiger partial charge in [0.15, 0.2) is 11.5 Å². The van der Waals surface area contributed by atoms with Crippen molar-refractivity contribution < 1.29 is 19.1 Å². The lowest BCUT2D eigenvalue weighted by molar-refractivity contribution is -0.383. The summed E-state index contributed by atoms with van der Waals surface area (Å²) in [5.41, 5.74) is 0.769. The predicted octanol–water partition coefficient (Wildman–Crippen LogP) is 1.56. The van der Waals surface area contributed by atoms with Crippen molar-refractivity contribution in [1.82, 2.24) is 9.97 Å². The Morgan fingerprint density at radius 2 is 2.00 bits per heavy atom. The highest BCUT2D eigenvalue weighted by atomic mass is 16.7. The first-order chi connectivity index (χ1) is 12.7. The summed E-state index contributed by atoms with van der Waals surface area (Å²) in [6, 6.07) is 5.52. The van der Waals surface area contributed by atoms with Crippen LogP contribution in [0.25, 0.3) is 0 Å². The number of nitro groups is 1. The van der Waals surface area contributed by atoms with Gasteiger partial charge >= 0.3 is 5.69 Å². The topological polar surface area (TPSA) is 112 Å². The van der Waals surface area contributed by atoms with E-state index in [0.29, 0.717) is 50.2 Å². The summed E-state index contributed by atoms with van der Waals surface area (Å²) in [5.74, 6) is 1.84. The number of hydrogen-bond acceptors (Lipinski definition) is 9. The number of nitrogens with one attached hydrogen (secondary N) is 1. The van der Waals surface area contributed by atoms with Gasteiger partial charge in [0.1, 0.15) is 6.33 Å². The molecular weight excluding hydrogens is 342 g/mol. The molecule has 4 rings (SSSR count). The Bertz CT molecular complexity index is 825. The van der Waals surface area contributed by atoms with Gasteiger partial charge in [-0.15, -0.1) is 0 Å². The Balaban J connectivity index is 1.56. The van der Waals surface area contributed by atoms with Crippen LogP contribution in [-0.2, 0) is 11.3 Å². The van der Waals surface area contributed by atoms with Crippen LogP contribution in [0.2, 0.25) is 0 Å². The largest absolute Gasteiger partial charge is 0.454 e. The second kappa shape index (κ2) is 7.00. The van der Waals surface area contributed by atoms with Crippen molar-refractivity contribution in [3.05, 3.63) is 40.2 Å². The second-order valence-electron chi connectivity index (χ2n) is 5.79. The Morgan fingerprint density at radius 3 is 2.81 bits per heavy atom. The third-order valence-corrected chi connectivity index (χ3v) is 4.19. The number of rotatable bonds is 5. The number of aromatic nitrogens is 2. The van der Waals surface area contributed by atoms with Crippen molar-refractivity contribution in [2.75, 3.05) is 43.3 Å². The molecule has 3 heterocycles. The monoisotopic (exact) mass is 359 g/mol. The Morgan fingerprint density at radius 1 is 1.19 bits per heavy atom. The van der Waals surface area contributed by atoms with Gasteiger partial charge in [0.05, 0.1) is 18.1 Å². The summed E-state index contributed by atoms with van der Waals surface area (Å²) >= 11 is 0. The average Bonchev–Trinajstić information content (AvgIpc) is 3.14. The molecule has 0 aliphatic carbocycles. The standard InChI is InChI=1S/C16H17N5O5/c22-21(23)14-15(18-9-19-16(14)20-3-5-24-6-4-20)17-8-11-1-2-12-13(7-11)26-10-25-12/h1-2,7,9H,3-6,8,10H2,(H,17,18,19). The fraction of sp³-hybridized carbons (Fsp3) is 0.375. The van der Waals surface area contributed by atoms with Gasteiger partial charge in [-0.1, -0.05) is 6.07 Å². The molecule has 1 aromatic heterocycles. The highest BCUT2D eigenvalue weighted by molar-refractivity contribution is 5.70. The SMILES string of the molecule is O=[N+]([O-])c1c(NCc2ccc3c(c2)OCO3)ncnc1N1CCOCC1. The molecule has 0 saturated carbocycles. The zero-order chi connectivity index (χ0) is 17.9. The molecule has 1 N–H and O–H groups in total. The third-order valence-electron chi connectivity index (χ3n) is 4.19. The number of nitrogens with zero attached hydrogens (tertiary/aromatic N) is 4. The van der Waals surface area contributed by atoms with E-state index in [4.69, 9.17) is 14.2 Å². The van der Waals surface area contributed by atoms with Crippen LogP contribution in [0, 0.1) is 10.1 Å². The smallest absolute Gasteiger partial charge is 0.353 e. The molecular formula is C16H17N5O5. The van der Waals surface area contributed by atoms with Gasteiger partial charge in [-0.25, -0.2) is 9.97 Å². The Labute approximate surface area is 148 Å². The van der Waals surface area contributed by atoms with Gasteiger partial charge in [-0.3, -0.25) is 10.1 Å². The van der Waals surface area contributed by atoms with Gasteiger partial charge in [-0.2, -0.15) is 0 Å². The molecule has 2 aromatic rings. The molecule has 0 unspecified atom stereocenters. The Kier molecular flexibility index (Phi) is 4.40. The third kappa shape index (κ3) is 3.18. The van der Waals surface area contributed by atoms with Crippen LogP contribution in [0.3, 0.4) is 0 Å². The van der Waals surface area contributed by atoms with Crippen LogP contribution in [0.15, 0.2) is 24.5 Å². The molecule has 0 bridgehead atoms. The lowest BCUT2D eigenvalue weighted by atomic mass is 10.2. The van der Waals surface area contributed by atoms with E-state index in [1.165, 1.54) is 6.33 Å². The van der Waals surface area contributed by atoms with E-state index < -0.39 is 4.92 Å². The molecule has 1 saturated heterocycles. The molecule has 26 heavy (non-hydrogen) atoms. The molecule has 1 aromatic carbocycles. The lowest BCUT2D eigenvalue weighted by Gasteiger charge is -2.27. The van der Waals surface area contributed by atoms with Crippen LogP contribution in [0.5, 0.6) is 11.5 Å². The molecule has 2 aliphatic heterocycles. The predicted molar refractivity (Wildman–Crippen MR) is 91.6 cm³/mol. The summed E-state index contributed by atoms with van der Waals surface area (Å²) in [6.07, 6.45) is 1.33. The van der Waals surface area contributed by atoms with E-state index in [1.54, 1.807) is 0 Å². The molecule has 0 radical (unpaired) electrons. The summed E-state index contributed by atoms with van der Waals surface area (Å²) in [7, 11) is 0. The van der Waals surface area contributed by atoms with Crippen molar-refractivity contribution in [1.29, 1.82) is 0 Å². The summed E-state index contributed by atoms with van der Waals surface area (Å²) in [6.45, 7) is 2.70. The van der Waals surface area contributed by atoms with Crippen molar-refractivity contribution >= 4 is 17.3 Å². The quantitative estimate of drug-likeness (QED) is 0.628. The van der Waals surface area contributed by atoms with Crippen LogP contribution in [-0.4, -0.2) is 48.0 Å². The number of anilines is 2. The van der Waals surface area contributed by atoms with E-state index in [2.05, 4.69) is 15.3 Å². The minimum Gasteiger partial charge on any atom is -0.454 e. The summed E-state index contributed by atoms with van der Waals surface area (Å²) in [5, 5.41) is 14.7. The van der Waals surface area contributed by atoms with Crippen LogP contribution in [0.4, 0.5) is 17.3 Å². The van der Waals surface area contributed by atoms with Gasteiger partial charge in [0.25, 0.3) is 0 Å². The minimum absolute atomic E-state index is 0.129. The van der Waals surface area contributed by atoms with Crippen LogP contribution < -0.4 is 19.7 Å². The van der Waals surface area contributed by atoms with Crippen molar-refractivity contribution in [2.45, 2.75) is 6.54 Å². The van der Waals surface area contributed by atoms with Crippen molar-refractivity contribution in [3.8, 4) is 11.5 Å². The average molecular weight is 359 g/mol. The van der Waals surface area contributed by atoms with Gasteiger partial charge in [0, 0.05) is 19.6 Å². The first-order valence-corrected chi connectivity index (χ1v) is 8.17. The lowest BCUT2D eigenvalue weighted by Crippen LogP contribution is -2.37. The van der Waals surface area contributed by atoms with Crippen molar-refractivity contribution in [3.63, 3.8) is 0 Å². The van der Waals surface area contributed by atoms with E-state index in [1.807, 2.05) is 23.1 Å². The van der Waals surface area contributed by atoms with Crippen molar-refractivity contribution in [2.24, 2.45) is 0 Å². The van der Waals surface area contributed by atoms with Crippen LogP contribution >= 0.6 is 0 Å². The number of hydrogen-bond donors (Lipinski definition) is 1. The van der Waals surface area contributed by atoms with E-state index >= 15 is 0 Å². The van der Waals surface area contributed by atoms with E-state index in [-0.39, 0.29) is 18.3 Å². The molecule has 0 atom stereocenters. The molecule has 10 heteroatoms. The minimum atomic E-state index is -0.452. The molecule has 1 fully saturated rings. The first kappa shape index (κ1) is 16.3. The van der Waals surface area contributed by atoms with Gasteiger partial charge < -0.3 is 24.4 Å². The fourth-order valence-electron chi connectivity index (χ4n) is 2.91. The second-order valence-corrected chi connectivity index (χ2v) is 5.79. The molecule has 136 valence electrons. The molecule has 2 aliphatic rings. The maximum Gasteiger partial charge on any atom is 0.353 e. The maximum absolute atomic E-state index is 11.6. The normalized spacial score (nSPS) is 15.8. The summed E-state index contributed by atoms with van der Waals surface area (Å²) < 4.78 is 15.9. The zero-order valence-corrected chi connectivity index (χ0v) is 13.9. The van der Waals surface area contributed by atoms with Gasteiger partial charge in [-0.05, 0) is 17.7 Å². The summed E-state index contributed by atoms with van der Waals surface area (Å²) in [4.78, 5) is 21.2. The zero-order valence-electron chi connectivity index (χ0n) is 13.9. The van der Waals surface area contributed by atoms with Gasteiger partial charge in [0.2, 0.25) is 18.4 Å². The Hall–Kier alpha value is -3.14. The highest BCUT2D eigenvalue weighted by Crippen LogP contribution is 2.34. The molecule has 0 spiro atoms. The first-order valence-electron chi connectivity index (χ1n) is 8.17. The maximum atomic E-state index is 11.6. The number of ether oxygens (including phenoxy) is 3. The molecule has 10 nitrogen and oxygen atoms in total. The number of benzene rings is 1.